The summed E-state index contributed by atoms with van der Waals surface area (Å²) >= 11 is 0. The van der Waals surface area contributed by atoms with Crippen molar-refractivity contribution >= 4 is 17.9 Å². The first-order chi connectivity index (χ1) is 25.9. The van der Waals surface area contributed by atoms with Crippen molar-refractivity contribution in [3.05, 3.63) is 0 Å². The molecule has 0 aliphatic rings. The molecule has 6 heteroatoms. The van der Waals surface area contributed by atoms with Crippen LogP contribution in [0.3, 0.4) is 0 Å². The second-order valence-electron chi connectivity index (χ2n) is 16.5. The van der Waals surface area contributed by atoms with Crippen molar-refractivity contribution in [2.45, 2.75) is 265 Å². The summed E-state index contributed by atoms with van der Waals surface area (Å²) < 4.78 is 16.7. The molecule has 0 aromatic heterocycles. The Kier molecular flexibility index (Phi) is 40.3. The van der Waals surface area contributed by atoms with Gasteiger partial charge in [0.05, 0.1) is 0 Å². The van der Waals surface area contributed by atoms with Crippen molar-refractivity contribution in [2.75, 3.05) is 13.2 Å². The quantitative estimate of drug-likeness (QED) is 0.0351. The lowest BCUT2D eigenvalue weighted by Gasteiger charge is -2.18. The molecular weight excluding hydrogens is 661 g/mol. The SMILES string of the molecule is CCCCCCCCCCCCCC(=O)OC[C@H](COC(=O)CCCCCCCCCCCCCCCCC(C)C)OC(=O)CCCCCCCCC. The lowest BCUT2D eigenvalue weighted by atomic mass is 10.0. The van der Waals surface area contributed by atoms with Gasteiger partial charge in [-0.1, -0.05) is 220 Å². The molecule has 6 nitrogen and oxygen atoms in total. The molecule has 0 saturated heterocycles. The van der Waals surface area contributed by atoms with Crippen LogP contribution in [0.5, 0.6) is 0 Å². The number of esters is 3. The predicted octanol–water partition coefficient (Wildman–Crippen LogP) is 14.7. The Balaban J connectivity index is 4.18. The smallest absolute Gasteiger partial charge is 0.306 e. The lowest BCUT2D eigenvalue weighted by molar-refractivity contribution is -0.167. The van der Waals surface area contributed by atoms with Crippen LogP contribution in [-0.4, -0.2) is 37.2 Å². The van der Waals surface area contributed by atoms with Crippen LogP contribution < -0.4 is 0 Å². The van der Waals surface area contributed by atoms with E-state index >= 15 is 0 Å². The number of carbonyl (C=O) groups is 3. The zero-order valence-electron chi connectivity index (χ0n) is 36.0. The Morgan fingerprint density at radius 3 is 0.925 bits per heavy atom. The molecule has 0 saturated carbocycles. The molecule has 1 atom stereocenters. The number of unbranched alkanes of at least 4 members (excludes halogenated alkanes) is 29. The van der Waals surface area contributed by atoms with E-state index in [4.69, 9.17) is 14.2 Å². The average molecular weight is 751 g/mol. The Morgan fingerprint density at radius 1 is 0.358 bits per heavy atom. The van der Waals surface area contributed by atoms with Crippen LogP contribution >= 0.6 is 0 Å². The molecule has 0 aliphatic carbocycles. The van der Waals surface area contributed by atoms with E-state index in [1.54, 1.807) is 0 Å². The van der Waals surface area contributed by atoms with E-state index < -0.39 is 6.10 Å². The van der Waals surface area contributed by atoms with Crippen LogP contribution in [0.2, 0.25) is 0 Å². The molecule has 0 fully saturated rings. The van der Waals surface area contributed by atoms with Crippen molar-refractivity contribution in [2.24, 2.45) is 5.92 Å². The van der Waals surface area contributed by atoms with Gasteiger partial charge < -0.3 is 14.2 Å². The molecule has 0 amide bonds. The number of hydrogen-bond acceptors (Lipinski definition) is 6. The first-order valence-electron chi connectivity index (χ1n) is 23.4. The molecule has 0 aromatic rings. The number of carbonyl (C=O) groups excluding carboxylic acids is 3. The molecule has 0 aromatic carbocycles. The Morgan fingerprint density at radius 2 is 0.623 bits per heavy atom. The number of hydrogen-bond donors (Lipinski definition) is 0. The summed E-state index contributed by atoms with van der Waals surface area (Å²) in [6, 6.07) is 0. The zero-order valence-corrected chi connectivity index (χ0v) is 36.0. The first-order valence-corrected chi connectivity index (χ1v) is 23.4. The fourth-order valence-electron chi connectivity index (χ4n) is 6.98. The summed E-state index contributed by atoms with van der Waals surface area (Å²) in [6.45, 7) is 8.97. The minimum atomic E-state index is -0.757. The van der Waals surface area contributed by atoms with Crippen molar-refractivity contribution in [3.8, 4) is 0 Å². The highest BCUT2D eigenvalue weighted by molar-refractivity contribution is 5.71. The van der Waals surface area contributed by atoms with Gasteiger partial charge in [-0.2, -0.15) is 0 Å². The monoisotopic (exact) mass is 751 g/mol. The fourth-order valence-corrected chi connectivity index (χ4v) is 6.98. The molecule has 0 bridgehead atoms. The van der Waals surface area contributed by atoms with E-state index in [-0.39, 0.29) is 31.1 Å². The maximum absolute atomic E-state index is 12.6. The average Bonchev–Trinajstić information content (AvgIpc) is 3.14. The van der Waals surface area contributed by atoms with Crippen LogP contribution in [0, 0.1) is 5.92 Å². The van der Waals surface area contributed by atoms with Crippen LogP contribution in [0.25, 0.3) is 0 Å². The largest absolute Gasteiger partial charge is 0.462 e. The standard InChI is InChI=1S/C47H90O6/c1-5-7-9-11-13-14-19-23-27-30-34-38-45(48)51-41-44(53-47(50)40-36-32-25-12-10-8-6-2)42-52-46(49)39-35-31-28-24-21-18-16-15-17-20-22-26-29-33-37-43(3)4/h43-44H,5-42H2,1-4H3/t44-/m1/s1. The van der Waals surface area contributed by atoms with Crippen LogP contribution in [0.4, 0.5) is 0 Å². The molecule has 0 rings (SSSR count). The second-order valence-corrected chi connectivity index (χ2v) is 16.5. The molecule has 0 N–H and O–H groups in total. The predicted molar refractivity (Wildman–Crippen MR) is 224 cm³/mol. The van der Waals surface area contributed by atoms with E-state index in [9.17, 15) is 14.4 Å². The third-order valence-electron chi connectivity index (χ3n) is 10.5. The van der Waals surface area contributed by atoms with Gasteiger partial charge in [-0.25, -0.2) is 0 Å². The second kappa shape index (κ2) is 41.6. The molecule has 53 heavy (non-hydrogen) atoms. The highest BCUT2D eigenvalue weighted by atomic mass is 16.6. The molecular formula is C47H90O6. The van der Waals surface area contributed by atoms with Crippen molar-refractivity contribution in [1.82, 2.24) is 0 Å². The Bertz CT molecular complexity index is 796. The van der Waals surface area contributed by atoms with E-state index in [1.807, 2.05) is 0 Å². The van der Waals surface area contributed by atoms with Gasteiger partial charge in [0, 0.05) is 19.3 Å². The minimum Gasteiger partial charge on any atom is -0.462 e. The molecule has 0 heterocycles. The Labute approximate surface area is 329 Å². The summed E-state index contributed by atoms with van der Waals surface area (Å²) in [7, 11) is 0. The van der Waals surface area contributed by atoms with Crippen molar-refractivity contribution in [3.63, 3.8) is 0 Å². The summed E-state index contributed by atoms with van der Waals surface area (Å²) in [4.78, 5) is 37.6. The summed E-state index contributed by atoms with van der Waals surface area (Å²) in [5.41, 5.74) is 0. The molecule has 0 aliphatic heterocycles. The van der Waals surface area contributed by atoms with E-state index in [0.717, 1.165) is 63.7 Å². The Hall–Kier alpha value is -1.59. The van der Waals surface area contributed by atoms with Crippen LogP contribution in [0.15, 0.2) is 0 Å². The lowest BCUT2D eigenvalue weighted by Crippen LogP contribution is -2.30. The van der Waals surface area contributed by atoms with E-state index in [2.05, 4.69) is 27.7 Å². The summed E-state index contributed by atoms with van der Waals surface area (Å²) in [5.74, 6) is -0.0144. The van der Waals surface area contributed by atoms with Gasteiger partial charge in [-0.05, 0) is 25.2 Å². The topological polar surface area (TPSA) is 78.9 Å². The fraction of sp³-hybridized carbons (Fsp3) is 0.936. The highest BCUT2D eigenvalue weighted by Gasteiger charge is 2.19. The van der Waals surface area contributed by atoms with Crippen LogP contribution in [0.1, 0.15) is 259 Å². The van der Waals surface area contributed by atoms with Gasteiger partial charge >= 0.3 is 17.9 Å². The minimum absolute atomic E-state index is 0.0640. The first kappa shape index (κ1) is 51.4. The number of ether oxygens (including phenoxy) is 3. The van der Waals surface area contributed by atoms with E-state index in [1.165, 1.54) is 154 Å². The van der Waals surface area contributed by atoms with Gasteiger partial charge in [0.1, 0.15) is 13.2 Å². The van der Waals surface area contributed by atoms with Gasteiger partial charge in [0.15, 0.2) is 6.10 Å². The molecule has 314 valence electrons. The van der Waals surface area contributed by atoms with Gasteiger partial charge in [-0.3, -0.25) is 14.4 Å². The van der Waals surface area contributed by atoms with Gasteiger partial charge in [0.2, 0.25) is 0 Å². The van der Waals surface area contributed by atoms with Crippen LogP contribution in [-0.2, 0) is 28.6 Å². The maximum atomic E-state index is 12.6. The summed E-state index contributed by atoms with van der Waals surface area (Å²) in [6.07, 6.45) is 41.0. The number of rotatable bonds is 42. The van der Waals surface area contributed by atoms with Gasteiger partial charge in [0.25, 0.3) is 0 Å². The maximum Gasteiger partial charge on any atom is 0.306 e. The van der Waals surface area contributed by atoms with Gasteiger partial charge in [-0.15, -0.1) is 0 Å². The van der Waals surface area contributed by atoms with Crippen molar-refractivity contribution < 1.29 is 28.6 Å². The van der Waals surface area contributed by atoms with E-state index in [0.29, 0.717) is 19.3 Å². The highest BCUT2D eigenvalue weighted by Crippen LogP contribution is 2.16. The third-order valence-corrected chi connectivity index (χ3v) is 10.5. The normalized spacial score (nSPS) is 11.9. The van der Waals surface area contributed by atoms with Crippen molar-refractivity contribution in [1.29, 1.82) is 0 Å². The molecule has 0 unspecified atom stereocenters. The summed E-state index contributed by atoms with van der Waals surface area (Å²) in [5, 5.41) is 0. The molecule has 0 radical (unpaired) electrons. The zero-order chi connectivity index (χ0) is 38.9. The molecule has 0 spiro atoms. The third kappa shape index (κ3) is 41.4.